The number of urea groups is 1. The van der Waals surface area contributed by atoms with Crippen molar-refractivity contribution in [3.8, 4) is 0 Å². The fraction of sp³-hybridized carbons (Fsp3) is 0.200. The Balaban J connectivity index is 1.88. The lowest BCUT2D eigenvalue weighted by Gasteiger charge is -2.15. The fourth-order valence-corrected chi connectivity index (χ4v) is 2.23. The number of halogens is 1. The van der Waals surface area contributed by atoms with Gasteiger partial charge in [0.05, 0.1) is 12.6 Å². The molecular formula is C20H21FN2O3. The molecular weight excluding hydrogens is 335 g/mol. The van der Waals surface area contributed by atoms with E-state index in [1.54, 1.807) is 49.4 Å². The lowest BCUT2D eigenvalue weighted by molar-refractivity contribution is -0.137. The lowest BCUT2D eigenvalue weighted by Crippen LogP contribution is -2.31. The van der Waals surface area contributed by atoms with Crippen LogP contribution in [-0.4, -0.2) is 18.6 Å². The molecule has 0 aliphatic carbocycles. The van der Waals surface area contributed by atoms with E-state index in [0.29, 0.717) is 12.3 Å². The van der Waals surface area contributed by atoms with E-state index in [1.165, 1.54) is 18.2 Å². The number of rotatable bonds is 6. The standard InChI is InChI=1S/C20H21FN2O3/c1-3-26-19(24)13-6-15-4-11-18(12-5-15)23-20(25)22-14(2)16-7-9-17(21)10-8-16/h4-14H,3H2,1-2H3,(H2,22,23,25)/b13-6-/t14-/m0/s1. The van der Waals surface area contributed by atoms with Gasteiger partial charge in [0, 0.05) is 11.8 Å². The van der Waals surface area contributed by atoms with Crippen molar-refractivity contribution in [3.05, 3.63) is 71.6 Å². The Hall–Kier alpha value is -3.15. The van der Waals surface area contributed by atoms with E-state index in [4.69, 9.17) is 4.74 Å². The number of esters is 1. The number of nitrogens with one attached hydrogen (secondary N) is 2. The summed E-state index contributed by atoms with van der Waals surface area (Å²) in [5.74, 6) is -0.716. The van der Waals surface area contributed by atoms with Crippen LogP contribution >= 0.6 is 0 Å². The van der Waals surface area contributed by atoms with Crippen molar-refractivity contribution >= 4 is 23.8 Å². The second-order valence-corrected chi connectivity index (χ2v) is 5.58. The number of carbonyl (C=O) groups is 2. The Morgan fingerprint density at radius 3 is 2.38 bits per heavy atom. The second-order valence-electron chi connectivity index (χ2n) is 5.58. The van der Waals surface area contributed by atoms with E-state index in [9.17, 15) is 14.0 Å². The minimum absolute atomic E-state index is 0.262. The van der Waals surface area contributed by atoms with Gasteiger partial charge in [-0.25, -0.2) is 14.0 Å². The fourth-order valence-electron chi connectivity index (χ4n) is 2.23. The maximum Gasteiger partial charge on any atom is 0.330 e. The van der Waals surface area contributed by atoms with Crippen LogP contribution in [0.3, 0.4) is 0 Å². The van der Waals surface area contributed by atoms with Crippen molar-refractivity contribution in [2.75, 3.05) is 11.9 Å². The highest BCUT2D eigenvalue weighted by Crippen LogP contribution is 2.14. The van der Waals surface area contributed by atoms with E-state index in [1.807, 2.05) is 6.92 Å². The van der Waals surface area contributed by atoms with Crippen LogP contribution in [0.15, 0.2) is 54.6 Å². The van der Waals surface area contributed by atoms with Crippen LogP contribution in [0.4, 0.5) is 14.9 Å². The van der Waals surface area contributed by atoms with Gasteiger partial charge in [0.25, 0.3) is 0 Å². The molecule has 0 saturated heterocycles. The lowest BCUT2D eigenvalue weighted by atomic mass is 10.1. The van der Waals surface area contributed by atoms with Crippen LogP contribution in [-0.2, 0) is 9.53 Å². The first kappa shape index (κ1) is 19.2. The smallest absolute Gasteiger partial charge is 0.330 e. The monoisotopic (exact) mass is 356 g/mol. The van der Waals surface area contributed by atoms with Crippen LogP contribution in [0.5, 0.6) is 0 Å². The van der Waals surface area contributed by atoms with E-state index in [0.717, 1.165) is 11.1 Å². The third-order valence-electron chi connectivity index (χ3n) is 3.58. The van der Waals surface area contributed by atoms with Crippen molar-refractivity contribution < 1.29 is 18.7 Å². The number of hydrogen-bond acceptors (Lipinski definition) is 3. The van der Waals surface area contributed by atoms with Crippen LogP contribution in [0.1, 0.15) is 31.0 Å². The van der Waals surface area contributed by atoms with Crippen LogP contribution in [0, 0.1) is 5.82 Å². The average Bonchev–Trinajstić information content (AvgIpc) is 2.62. The van der Waals surface area contributed by atoms with Crippen molar-refractivity contribution in [2.24, 2.45) is 0 Å². The van der Waals surface area contributed by atoms with E-state index in [-0.39, 0.29) is 17.9 Å². The van der Waals surface area contributed by atoms with Gasteiger partial charge in [-0.3, -0.25) is 0 Å². The van der Waals surface area contributed by atoms with Crippen LogP contribution in [0.2, 0.25) is 0 Å². The molecule has 2 aromatic carbocycles. The van der Waals surface area contributed by atoms with Gasteiger partial charge < -0.3 is 15.4 Å². The summed E-state index contributed by atoms with van der Waals surface area (Å²) in [5.41, 5.74) is 2.23. The van der Waals surface area contributed by atoms with Gasteiger partial charge in [-0.2, -0.15) is 0 Å². The molecule has 136 valence electrons. The Morgan fingerprint density at radius 1 is 1.12 bits per heavy atom. The first-order valence-electron chi connectivity index (χ1n) is 8.26. The second kappa shape index (κ2) is 9.36. The zero-order valence-corrected chi connectivity index (χ0v) is 14.7. The van der Waals surface area contributed by atoms with Gasteiger partial charge in [0.1, 0.15) is 5.82 Å². The van der Waals surface area contributed by atoms with Gasteiger partial charge in [-0.1, -0.05) is 24.3 Å². The minimum atomic E-state index is -0.399. The number of ether oxygens (including phenoxy) is 1. The number of anilines is 1. The summed E-state index contributed by atoms with van der Waals surface area (Å²) in [6, 6.07) is 12.3. The predicted molar refractivity (Wildman–Crippen MR) is 99.1 cm³/mol. The molecule has 0 aliphatic rings. The SMILES string of the molecule is CCOC(=O)/C=C\c1ccc(NC(=O)N[C@@H](C)c2ccc(F)cc2)cc1. The molecule has 26 heavy (non-hydrogen) atoms. The molecule has 0 bridgehead atoms. The minimum Gasteiger partial charge on any atom is -0.463 e. The first-order valence-corrected chi connectivity index (χ1v) is 8.26. The molecule has 0 unspecified atom stereocenters. The molecule has 0 radical (unpaired) electrons. The molecule has 0 spiro atoms. The van der Waals surface area contributed by atoms with E-state index in [2.05, 4.69) is 10.6 Å². The van der Waals surface area contributed by atoms with Crippen molar-refractivity contribution in [1.82, 2.24) is 5.32 Å². The highest BCUT2D eigenvalue weighted by Gasteiger charge is 2.09. The molecule has 2 amide bonds. The van der Waals surface area contributed by atoms with Crippen molar-refractivity contribution in [2.45, 2.75) is 19.9 Å². The van der Waals surface area contributed by atoms with Crippen molar-refractivity contribution in [3.63, 3.8) is 0 Å². The number of amides is 2. The average molecular weight is 356 g/mol. The predicted octanol–water partition coefficient (Wildman–Crippen LogP) is 4.28. The molecule has 0 aromatic heterocycles. The molecule has 2 rings (SSSR count). The molecule has 6 heteroatoms. The molecule has 2 aromatic rings. The van der Waals surface area contributed by atoms with E-state index < -0.39 is 5.97 Å². The Labute approximate surface area is 151 Å². The first-order chi connectivity index (χ1) is 12.5. The molecule has 0 heterocycles. The molecule has 1 atom stereocenters. The summed E-state index contributed by atoms with van der Waals surface area (Å²) < 4.78 is 17.7. The quantitative estimate of drug-likeness (QED) is 0.599. The number of benzene rings is 2. The third kappa shape index (κ3) is 6.05. The largest absolute Gasteiger partial charge is 0.463 e. The van der Waals surface area contributed by atoms with Crippen molar-refractivity contribution in [1.29, 1.82) is 0 Å². The maximum absolute atomic E-state index is 12.9. The Kier molecular flexibility index (Phi) is 6.91. The Morgan fingerprint density at radius 2 is 1.77 bits per heavy atom. The summed E-state index contributed by atoms with van der Waals surface area (Å²) in [7, 11) is 0. The van der Waals surface area contributed by atoms with Gasteiger partial charge in [0.2, 0.25) is 0 Å². The van der Waals surface area contributed by atoms with Gasteiger partial charge in [-0.15, -0.1) is 0 Å². The van der Waals surface area contributed by atoms with Gasteiger partial charge in [0.15, 0.2) is 0 Å². The van der Waals surface area contributed by atoms with Gasteiger partial charge in [-0.05, 0) is 55.3 Å². The summed E-state index contributed by atoms with van der Waals surface area (Å²) in [6.07, 6.45) is 2.99. The summed E-state index contributed by atoms with van der Waals surface area (Å²) in [4.78, 5) is 23.3. The molecule has 0 fully saturated rings. The van der Waals surface area contributed by atoms with E-state index >= 15 is 0 Å². The molecule has 0 aliphatic heterocycles. The Bertz CT molecular complexity index is 771. The normalized spacial score (nSPS) is 11.8. The number of carbonyl (C=O) groups excluding carboxylic acids is 2. The van der Waals surface area contributed by atoms with Crippen LogP contribution < -0.4 is 10.6 Å². The highest BCUT2D eigenvalue weighted by atomic mass is 19.1. The summed E-state index contributed by atoms with van der Waals surface area (Å²) in [6.45, 7) is 3.89. The summed E-state index contributed by atoms with van der Waals surface area (Å²) in [5, 5.41) is 5.51. The van der Waals surface area contributed by atoms with Crippen LogP contribution in [0.25, 0.3) is 6.08 Å². The molecule has 5 nitrogen and oxygen atoms in total. The third-order valence-corrected chi connectivity index (χ3v) is 3.58. The number of hydrogen-bond donors (Lipinski definition) is 2. The van der Waals surface area contributed by atoms with Gasteiger partial charge >= 0.3 is 12.0 Å². The molecule has 2 N–H and O–H groups in total. The zero-order chi connectivity index (χ0) is 18.9. The zero-order valence-electron chi connectivity index (χ0n) is 14.7. The highest BCUT2D eigenvalue weighted by molar-refractivity contribution is 5.90. The topological polar surface area (TPSA) is 67.4 Å². The summed E-state index contributed by atoms with van der Waals surface area (Å²) >= 11 is 0. The maximum atomic E-state index is 12.9. The molecule has 0 saturated carbocycles.